The fourth-order valence-electron chi connectivity index (χ4n) is 2.11. The standard InChI is InChI=1S/C17H20N2O4S/c1-13-7-3-6-10-16(13)23-12-11-18-17(20)14-8-4-5-9-15(14)19-24(2,21)22/h3-10,19H,11-12H2,1-2H3,(H,18,20). The van der Waals surface area contributed by atoms with E-state index in [2.05, 4.69) is 10.0 Å². The third-order valence-electron chi connectivity index (χ3n) is 3.21. The topological polar surface area (TPSA) is 84.5 Å². The minimum absolute atomic E-state index is 0.248. The van der Waals surface area contributed by atoms with Crippen LogP contribution in [-0.2, 0) is 10.0 Å². The zero-order valence-corrected chi connectivity index (χ0v) is 14.4. The minimum Gasteiger partial charge on any atom is -0.491 e. The highest BCUT2D eigenvalue weighted by molar-refractivity contribution is 7.92. The van der Waals surface area contributed by atoms with Crippen LogP contribution in [0.15, 0.2) is 48.5 Å². The molecule has 128 valence electrons. The minimum atomic E-state index is -3.45. The molecule has 24 heavy (non-hydrogen) atoms. The van der Waals surface area contributed by atoms with E-state index in [9.17, 15) is 13.2 Å². The van der Waals surface area contributed by atoms with Crippen molar-refractivity contribution in [2.45, 2.75) is 6.92 Å². The molecular formula is C17H20N2O4S. The third-order valence-corrected chi connectivity index (χ3v) is 3.80. The van der Waals surface area contributed by atoms with Gasteiger partial charge in [0.25, 0.3) is 5.91 Å². The first-order chi connectivity index (χ1) is 11.4. The fourth-order valence-corrected chi connectivity index (χ4v) is 2.69. The molecule has 2 aromatic carbocycles. The van der Waals surface area contributed by atoms with Gasteiger partial charge in [-0.15, -0.1) is 0 Å². The number of hydrogen-bond acceptors (Lipinski definition) is 4. The lowest BCUT2D eigenvalue weighted by Gasteiger charge is -2.12. The molecule has 0 aliphatic carbocycles. The largest absolute Gasteiger partial charge is 0.491 e. The normalized spacial score (nSPS) is 10.9. The maximum absolute atomic E-state index is 12.2. The maximum atomic E-state index is 12.2. The highest BCUT2D eigenvalue weighted by Crippen LogP contribution is 2.17. The molecule has 0 unspecified atom stereocenters. The van der Waals surface area contributed by atoms with E-state index >= 15 is 0 Å². The average Bonchev–Trinajstić information content (AvgIpc) is 2.52. The molecule has 0 spiro atoms. The summed E-state index contributed by atoms with van der Waals surface area (Å²) in [7, 11) is -3.45. The number of carbonyl (C=O) groups is 1. The van der Waals surface area contributed by atoms with Crippen molar-refractivity contribution in [1.29, 1.82) is 0 Å². The quantitative estimate of drug-likeness (QED) is 0.751. The first-order valence-electron chi connectivity index (χ1n) is 7.40. The molecule has 0 saturated carbocycles. The summed E-state index contributed by atoms with van der Waals surface area (Å²) in [5.74, 6) is 0.404. The molecule has 2 N–H and O–H groups in total. The smallest absolute Gasteiger partial charge is 0.253 e. The van der Waals surface area contributed by atoms with Crippen molar-refractivity contribution in [2.75, 3.05) is 24.1 Å². The molecule has 0 aliphatic rings. The van der Waals surface area contributed by atoms with Crippen LogP contribution in [0.3, 0.4) is 0 Å². The van der Waals surface area contributed by atoms with E-state index in [1.807, 2.05) is 31.2 Å². The molecule has 0 bridgehead atoms. The molecular weight excluding hydrogens is 328 g/mol. The Morgan fingerprint density at radius 3 is 2.46 bits per heavy atom. The maximum Gasteiger partial charge on any atom is 0.253 e. The molecule has 2 aromatic rings. The lowest BCUT2D eigenvalue weighted by Crippen LogP contribution is -2.29. The molecule has 0 fully saturated rings. The number of ether oxygens (including phenoxy) is 1. The van der Waals surface area contributed by atoms with E-state index in [4.69, 9.17) is 4.74 Å². The molecule has 1 amide bonds. The molecule has 6 nitrogen and oxygen atoms in total. The van der Waals surface area contributed by atoms with Gasteiger partial charge in [-0.05, 0) is 30.7 Å². The zero-order valence-electron chi connectivity index (χ0n) is 13.6. The summed E-state index contributed by atoms with van der Waals surface area (Å²) in [4.78, 5) is 12.2. The van der Waals surface area contributed by atoms with Gasteiger partial charge in [-0.1, -0.05) is 30.3 Å². The van der Waals surface area contributed by atoms with Crippen molar-refractivity contribution in [3.05, 3.63) is 59.7 Å². The number of benzene rings is 2. The second-order valence-electron chi connectivity index (χ2n) is 5.29. The van der Waals surface area contributed by atoms with E-state index in [1.165, 1.54) is 0 Å². The molecule has 0 saturated heterocycles. The van der Waals surface area contributed by atoms with Crippen LogP contribution in [0.4, 0.5) is 5.69 Å². The van der Waals surface area contributed by atoms with Gasteiger partial charge in [0.15, 0.2) is 0 Å². The van der Waals surface area contributed by atoms with Crippen LogP contribution in [-0.4, -0.2) is 33.7 Å². The number of aryl methyl sites for hydroxylation is 1. The predicted octanol–water partition coefficient (Wildman–Crippen LogP) is 2.18. The van der Waals surface area contributed by atoms with Gasteiger partial charge < -0.3 is 10.1 Å². The molecule has 0 radical (unpaired) electrons. The van der Waals surface area contributed by atoms with Gasteiger partial charge in [-0.25, -0.2) is 8.42 Å². The highest BCUT2D eigenvalue weighted by Gasteiger charge is 2.13. The van der Waals surface area contributed by atoms with Crippen LogP contribution in [0, 0.1) is 6.92 Å². The first kappa shape index (κ1) is 17.8. The predicted molar refractivity (Wildman–Crippen MR) is 93.9 cm³/mol. The van der Waals surface area contributed by atoms with Gasteiger partial charge in [0.2, 0.25) is 10.0 Å². The summed E-state index contributed by atoms with van der Waals surface area (Å²) in [6.45, 7) is 2.57. The third kappa shape index (κ3) is 5.27. The van der Waals surface area contributed by atoms with Crippen molar-refractivity contribution in [1.82, 2.24) is 5.32 Å². The monoisotopic (exact) mass is 348 g/mol. The number of hydrogen-bond donors (Lipinski definition) is 2. The average molecular weight is 348 g/mol. The van der Waals surface area contributed by atoms with E-state index in [-0.39, 0.29) is 17.2 Å². The van der Waals surface area contributed by atoms with E-state index in [0.717, 1.165) is 17.6 Å². The summed E-state index contributed by atoms with van der Waals surface area (Å²) in [6, 6.07) is 14.1. The lowest BCUT2D eigenvalue weighted by molar-refractivity contribution is 0.0948. The van der Waals surface area contributed by atoms with Gasteiger partial charge in [0, 0.05) is 0 Å². The summed E-state index contributed by atoms with van der Waals surface area (Å²) >= 11 is 0. The molecule has 0 aliphatic heterocycles. The summed E-state index contributed by atoms with van der Waals surface area (Å²) in [6.07, 6.45) is 1.04. The Morgan fingerprint density at radius 1 is 1.08 bits per heavy atom. The van der Waals surface area contributed by atoms with Gasteiger partial charge >= 0.3 is 0 Å². The molecule has 0 atom stereocenters. The Morgan fingerprint density at radius 2 is 1.75 bits per heavy atom. The second kappa shape index (κ2) is 7.83. The van der Waals surface area contributed by atoms with Crippen LogP contribution < -0.4 is 14.8 Å². The van der Waals surface area contributed by atoms with Gasteiger partial charge in [0.05, 0.1) is 24.1 Å². The number of nitrogens with one attached hydrogen (secondary N) is 2. The van der Waals surface area contributed by atoms with Crippen molar-refractivity contribution < 1.29 is 17.9 Å². The van der Waals surface area contributed by atoms with Crippen LogP contribution in [0.25, 0.3) is 0 Å². The van der Waals surface area contributed by atoms with E-state index in [0.29, 0.717) is 13.2 Å². The number of amides is 1. The lowest BCUT2D eigenvalue weighted by atomic mass is 10.1. The first-order valence-corrected chi connectivity index (χ1v) is 9.29. The summed E-state index contributed by atoms with van der Waals surface area (Å²) in [5.41, 5.74) is 1.53. The Hall–Kier alpha value is -2.54. The number of carbonyl (C=O) groups excluding carboxylic acids is 1. The van der Waals surface area contributed by atoms with Gasteiger partial charge in [0.1, 0.15) is 12.4 Å². The fraction of sp³-hybridized carbons (Fsp3) is 0.235. The van der Waals surface area contributed by atoms with Crippen molar-refractivity contribution >= 4 is 21.6 Å². The Kier molecular flexibility index (Phi) is 5.81. The molecule has 2 rings (SSSR count). The van der Waals surface area contributed by atoms with Crippen molar-refractivity contribution in [3.63, 3.8) is 0 Å². The van der Waals surface area contributed by atoms with E-state index < -0.39 is 10.0 Å². The molecule has 0 heterocycles. The van der Waals surface area contributed by atoms with Crippen LogP contribution >= 0.6 is 0 Å². The number of rotatable bonds is 7. The van der Waals surface area contributed by atoms with Crippen LogP contribution in [0.5, 0.6) is 5.75 Å². The zero-order chi connectivity index (χ0) is 17.6. The number of sulfonamides is 1. The number of para-hydroxylation sites is 2. The van der Waals surface area contributed by atoms with Crippen LogP contribution in [0.1, 0.15) is 15.9 Å². The van der Waals surface area contributed by atoms with Crippen molar-refractivity contribution in [2.24, 2.45) is 0 Å². The highest BCUT2D eigenvalue weighted by atomic mass is 32.2. The Balaban J connectivity index is 1.92. The van der Waals surface area contributed by atoms with Crippen molar-refractivity contribution in [3.8, 4) is 5.75 Å². The summed E-state index contributed by atoms with van der Waals surface area (Å²) in [5, 5.41) is 2.72. The molecule has 0 aromatic heterocycles. The van der Waals surface area contributed by atoms with Gasteiger partial charge in [-0.3, -0.25) is 9.52 Å². The van der Waals surface area contributed by atoms with Crippen LogP contribution in [0.2, 0.25) is 0 Å². The Bertz CT molecular complexity index is 819. The SMILES string of the molecule is Cc1ccccc1OCCNC(=O)c1ccccc1NS(C)(=O)=O. The number of anilines is 1. The molecule has 7 heteroatoms. The Labute approximate surface area is 141 Å². The second-order valence-corrected chi connectivity index (χ2v) is 7.04. The summed E-state index contributed by atoms with van der Waals surface area (Å²) < 4.78 is 30.7. The van der Waals surface area contributed by atoms with Gasteiger partial charge in [-0.2, -0.15) is 0 Å². The van der Waals surface area contributed by atoms with E-state index in [1.54, 1.807) is 24.3 Å².